The monoisotopic (exact) mass is 310 g/mol. The summed E-state index contributed by atoms with van der Waals surface area (Å²) in [5.74, 6) is 1.41. The van der Waals surface area contributed by atoms with E-state index in [1.54, 1.807) is 0 Å². The number of carbonyl (C=O) groups is 1. The van der Waals surface area contributed by atoms with E-state index in [1.165, 1.54) is 25.7 Å². The minimum Gasteiger partial charge on any atom is -0.392 e. The summed E-state index contributed by atoms with van der Waals surface area (Å²) in [5, 5.41) is 3.31. The van der Waals surface area contributed by atoms with E-state index in [-0.39, 0.29) is 5.91 Å². The lowest BCUT2D eigenvalue weighted by Crippen LogP contribution is -2.52. The zero-order valence-electron chi connectivity index (χ0n) is 13.5. The van der Waals surface area contributed by atoms with Crippen molar-refractivity contribution in [2.45, 2.75) is 77.7 Å². The molecule has 0 aromatic rings. The lowest BCUT2D eigenvalue weighted by Gasteiger charge is -2.33. The van der Waals surface area contributed by atoms with Gasteiger partial charge in [0.05, 0.1) is 10.4 Å². The number of nitrogens with two attached hydrogens (primary N) is 1. The molecule has 0 spiro atoms. The third kappa shape index (κ3) is 3.41. The molecule has 2 saturated carbocycles. The highest BCUT2D eigenvalue weighted by Gasteiger charge is 2.43. The van der Waals surface area contributed by atoms with E-state index in [2.05, 4.69) is 19.2 Å². The fraction of sp³-hybridized carbons (Fsp3) is 0.882. The van der Waals surface area contributed by atoms with Gasteiger partial charge >= 0.3 is 0 Å². The molecule has 0 aromatic carbocycles. The highest BCUT2D eigenvalue weighted by atomic mass is 32.1. The van der Waals surface area contributed by atoms with Gasteiger partial charge in [0.2, 0.25) is 5.91 Å². The van der Waals surface area contributed by atoms with Crippen molar-refractivity contribution in [3.05, 3.63) is 0 Å². The molecular weight excluding hydrogens is 280 g/mol. The van der Waals surface area contributed by atoms with Gasteiger partial charge in [0.15, 0.2) is 0 Å². The molecule has 3 nitrogen and oxygen atoms in total. The van der Waals surface area contributed by atoms with Gasteiger partial charge in [-0.05, 0) is 37.5 Å². The van der Waals surface area contributed by atoms with Crippen LogP contribution in [0.2, 0.25) is 0 Å². The average molecular weight is 311 g/mol. The largest absolute Gasteiger partial charge is 0.392 e. The summed E-state index contributed by atoms with van der Waals surface area (Å²) in [6, 6.07) is 0.303. The molecule has 3 unspecified atom stereocenters. The predicted octanol–water partition coefficient (Wildman–Crippen LogP) is 3.55. The molecule has 3 atom stereocenters. The van der Waals surface area contributed by atoms with Crippen molar-refractivity contribution < 1.29 is 4.79 Å². The summed E-state index contributed by atoms with van der Waals surface area (Å²) >= 11 is 5.30. The van der Waals surface area contributed by atoms with Gasteiger partial charge in [-0.3, -0.25) is 4.79 Å². The molecule has 21 heavy (non-hydrogen) atoms. The highest BCUT2D eigenvalue weighted by Crippen LogP contribution is 2.38. The molecule has 2 aliphatic rings. The third-order valence-corrected chi connectivity index (χ3v) is 6.32. The van der Waals surface area contributed by atoms with Crippen LogP contribution in [0, 0.1) is 17.3 Å². The average Bonchev–Trinajstić information content (AvgIpc) is 2.68. The number of nitrogens with one attached hydrogen (secondary N) is 1. The van der Waals surface area contributed by atoms with Crippen LogP contribution in [0.5, 0.6) is 0 Å². The van der Waals surface area contributed by atoms with Crippen molar-refractivity contribution in [2.24, 2.45) is 23.0 Å². The SMILES string of the molecule is CCC1CCC(NC(=O)C2(C(N)=S)CCCCCC2)C1C. The number of rotatable bonds is 4. The van der Waals surface area contributed by atoms with Gasteiger partial charge < -0.3 is 11.1 Å². The van der Waals surface area contributed by atoms with Crippen LogP contribution in [0.25, 0.3) is 0 Å². The first-order chi connectivity index (χ1) is 10.0. The van der Waals surface area contributed by atoms with Gasteiger partial charge in [-0.1, -0.05) is 58.2 Å². The van der Waals surface area contributed by atoms with Crippen molar-refractivity contribution in [1.29, 1.82) is 0 Å². The van der Waals surface area contributed by atoms with Crippen molar-refractivity contribution in [1.82, 2.24) is 5.32 Å². The van der Waals surface area contributed by atoms with E-state index in [9.17, 15) is 4.79 Å². The molecule has 4 heteroatoms. The summed E-state index contributed by atoms with van der Waals surface area (Å²) in [6.07, 6.45) is 9.67. The fourth-order valence-corrected chi connectivity index (χ4v) is 4.55. The topological polar surface area (TPSA) is 55.1 Å². The molecule has 0 saturated heterocycles. The van der Waals surface area contributed by atoms with Crippen molar-refractivity contribution in [2.75, 3.05) is 0 Å². The Morgan fingerprint density at radius 2 is 1.86 bits per heavy atom. The Bertz CT molecular complexity index is 388. The maximum absolute atomic E-state index is 12.9. The Hall–Kier alpha value is -0.640. The Labute approximate surface area is 134 Å². The van der Waals surface area contributed by atoms with Crippen molar-refractivity contribution in [3.8, 4) is 0 Å². The zero-order chi connectivity index (χ0) is 15.5. The van der Waals surface area contributed by atoms with E-state index in [4.69, 9.17) is 18.0 Å². The number of thiocarbonyl (C=S) groups is 1. The fourth-order valence-electron chi connectivity index (χ4n) is 4.25. The molecule has 0 aliphatic heterocycles. The van der Waals surface area contributed by atoms with Gasteiger partial charge in [0, 0.05) is 6.04 Å². The van der Waals surface area contributed by atoms with Crippen LogP contribution in [0.4, 0.5) is 0 Å². The lowest BCUT2D eigenvalue weighted by molar-refractivity contribution is -0.129. The Morgan fingerprint density at radius 3 is 2.33 bits per heavy atom. The van der Waals surface area contributed by atoms with E-state index in [1.807, 2.05) is 0 Å². The Morgan fingerprint density at radius 1 is 1.24 bits per heavy atom. The van der Waals surface area contributed by atoms with Crippen molar-refractivity contribution >= 4 is 23.1 Å². The summed E-state index contributed by atoms with van der Waals surface area (Å²) in [7, 11) is 0. The molecule has 0 radical (unpaired) electrons. The van der Waals surface area contributed by atoms with E-state index in [0.29, 0.717) is 16.9 Å². The predicted molar refractivity (Wildman–Crippen MR) is 91.0 cm³/mol. The van der Waals surface area contributed by atoms with Crippen LogP contribution in [0.3, 0.4) is 0 Å². The number of amides is 1. The van der Waals surface area contributed by atoms with Crippen LogP contribution in [0.1, 0.15) is 71.6 Å². The maximum atomic E-state index is 12.9. The Kier molecular flexibility index (Phi) is 5.64. The van der Waals surface area contributed by atoms with Gasteiger partial charge in [-0.25, -0.2) is 0 Å². The smallest absolute Gasteiger partial charge is 0.233 e. The molecule has 120 valence electrons. The van der Waals surface area contributed by atoms with Crippen LogP contribution in [-0.2, 0) is 4.79 Å². The first-order valence-corrected chi connectivity index (χ1v) is 9.03. The van der Waals surface area contributed by atoms with Crippen LogP contribution in [-0.4, -0.2) is 16.9 Å². The van der Waals surface area contributed by atoms with Gasteiger partial charge in [0.25, 0.3) is 0 Å². The first kappa shape index (κ1) is 16.7. The lowest BCUT2D eigenvalue weighted by atomic mass is 9.79. The second kappa shape index (κ2) is 7.08. The molecule has 0 bridgehead atoms. The summed E-state index contributed by atoms with van der Waals surface area (Å²) in [6.45, 7) is 4.51. The summed E-state index contributed by atoms with van der Waals surface area (Å²) in [4.78, 5) is 13.3. The van der Waals surface area contributed by atoms with Gasteiger partial charge in [-0.2, -0.15) is 0 Å². The minimum absolute atomic E-state index is 0.102. The molecule has 2 rings (SSSR count). The third-order valence-electron chi connectivity index (χ3n) is 5.93. The van der Waals surface area contributed by atoms with E-state index in [0.717, 1.165) is 38.0 Å². The standard InChI is InChI=1S/C17H30N2OS/c1-3-13-8-9-14(12(13)2)19-16(20)17(15(18)21)10-6-4-5-7-11-17/h12-14H,3-11H2,1-2H3,(H2,18,21)(H,19,20). The number of hydrogen-bond donors (Lipinski definition) is 2. The number of carbonyl (C=O) groups excluding carboxylic acids is 1. The Balaban J connectivity index is 2.07. The van der Waals surface area contributed by atoms with Crippen LogP contribution >= 0.6 is 12.2 Å². The van der Waals surface area contributed by atoms with Gasteiger partial charge in [-0.15, -0.1) is 0 Å². The molecule has 2 fully saturated rings. The van der Waals surface area contributed by atoms with Crippen LogP contribution in [0.15, 0.2) is 0 Å². The van der Waals surface area contributed by atoms with E-state index >= 15 is 0 Å². The highest BCUT2D eigenvalue weighted by molar-refractivity contribution is 7.80. The molecule has 1 amide bonds. The summed E-state index contributed by atoms with van der Waals surface area (Å²) in [5.41, 5.74) is 5.42. The van der Waals surface area contributed by atoms with Crippen molar-refractivity contribution in [3.63, 3.8) is 0 Å². The second-order valence-corrected chi connectivity index (χ2v) is 7.49. The number of hydrogen-bond acceptors (Lipinski definition) is 2. The molecule has 0 aromatic heterocycles. The maximum Gasteiger partial charge on any atom is 0.233 e. The molecule has 3 N–H and O–H groups in total. The molecular formula is C17H30N2OS. The first-order valence-electron chi connectivity index (χ1n) is 8.62. The zero-order valence-corrected chi connectivity index (χ0v) is 14.3. The normalized spacial score (nSPS) is 32.4. The van der Waals surface area contributed by atoms with Crippen LogP contribution < -0.4 is 11.1 Å². The van der Waals surface area contributed by atoms with E-state index < -0.39 is 5.41 Å². The molecule has 2 aliphatic carbocycles. The second-order valence-electron chi connectivity index (χ2n) is 7.05. The minimum atomic E-state index is -0.587. The summed E-state index contributed by atoms with van der Waals surface area (Å²) < 4.78 is 0. The molecule has 0 heterocycles. The quantitative estimate of drug-likeness (QED) is 0.616. The van der Waals surface area contributed by atoms with Gasteiger partial charge in [0.1, 0.15) is 0 Å².